The van der Waals surface area contributed by atoms with E-state index in [0.717, 1.165) is 29.7 Å². The van der Waals surface area contributed by atoms with Crippen LogP contribution in [-0.4, -0.2) is 10.9 Å². The Labute approximate surface area is 140 Å². The zero-order valence-electron chi connectivity index (χ0n) is 13.4. The number of hydrogen-bond acceptors (Lipinski definition) is 2. The molecule has 0 fully saturated rings. The van der Waals surface area contributed by atoms with E-state index in [0.29, 0.717) is 17.0 Å². The summed E-state index contributed by atoms with van der Waals surface area (Å²) in [5.41, 5.74) is 3.36. The predicted molar refractivity (Wildman–Crippen MR) is 92.8 cm³/mol. The SMILES string of the molecule is Cc1cc(C)c(CNC(=O)CCCc2ccc(Cl)cc2)c(=O)[nH]1. The van der Waals surface area contributed by atoms with E-state index in [2.05, 4.69) is 10.3 Å². The molecule has 1 aromatic carbocycles. The Hall–Kier alpha value is -2.07. The number of carbonyl (C=O) groups excluding carboxylic acids is 1. The Kier molecular flexibility index (Phi) is 5.99. The van der Waals surface area contributed by atoms with Crippen molar-refractivity contribution in [1.82, 2.24) is 10.3 Å². The second-order valence-corrected chi connectivity index (χ2v) is 6.14. The van der Waals surface area contributed by atoms with Crippen LogP contribution in [0.1, 0.15) is 35.2 Å². The van der Waals surface area contributed by atoms with Crippen LogP contribution in [0.15, 0.2) is 35.1 Å². The molecule has 2 N–H and O–H groups in total. The van der Waals surface area contributed by atoms with E-state index in [1.165, 1.54) is 0 Å². The highest BCUT2D eigenvalue weighted by Crippen LogP contribution is 2.11. The van der Waals surface area contributed by atoms with Crippen LogP contribution < -0.4 is 10.9 Å². The van der Waals surface area contributed by atoms with Gasteiger partial charge in [-0.1, -0.05) is 23.7 Å². The number of amides is 1. The topological polar surface area (TPSA) is 62.0 Å². The molecule has 0 aliphatic carbocycles. The summed E-state index contributed by atoms with van der Waals surface area (Å²) in [6, 6.07) is 9.54. The second-order valence-electron chi connectivity index (χ2n) is 5.70. The summed E-state index contributed by atoms with van der Waals surface area (Å²) in [5.74, 6) is -0.0432. The highest BCUT2D eigenvalue weighted by molar-refractivity contribution is 6.30. The summed E-state index contributed by atoms with van der Waals surface area (Å²) in [5, 5.41) is 3.53. The van der Waals surface area contributed by atoms with Gasteiger partial charge in [-0.25, -0.2) is 0 Å². The number of rotatable bonds is 6. The molecule has 0 spiro atoms. The largest absolute Gasteiger partial charge is 0.352 e. The maximum absolute atomic E-state index is 11.9. The van der Waals surface area contributed by atoms with Gasteiger partial charge in [0.15, 0.2) is 0 Å². The highest BCUT2D eigenvalue weighted by Gasteiger charge is 2.07. The molecule has 0 atom stereocenters. The fourth-order valence-electron chi connectivity index (χ4n) is 2.48. The normalized spacial score (nSPS) is 10.6. The molecule has 1 aromatic heterocycles. The summed E-state index contributed by atoms with van der Waals surface area (Å²) >= 11 is 5.84. The van der Waals surface area contributed by atoms with Gasteiger partial charge in [-0.15, -0.1) is 0 Å². The zero-order chi connectivity index (χ0) is 16.8. The van der Waals surface area contributed by atoms with Gasteiger partial charge in [0.25, 0.3) is 5.56 Å². The zero-order valence-corrected chi connectivity index (χ0v) is 14.2. The molecule has 23 heavy (non-hydrogen) atoms. The molecule has 0 unspecified atom stereocenters. The standard InChI is InChI=1S/C18H21ClN2O2/c1-12-10-13(2)21-18(23)16(12)11-20-17(22)5-3-4-14-6-8-15(19)9-7-14/h6-10H,3-5,11H2,1-2H3,(H,20,22)(H,21,23). The molecule has 4 nitrogen and oxygen atoms in total. The van der Waals surface area contributed by atoms with Crippen LogP contribution in [0.3, 0.4) is 0 Å². The molecule has 2 rings (SSSR count). The molecular weight excluding hydrogens is 312 g/mol. The third-order valence-electron chi connectivity index (χ3n) is 3.74. The molecule has 0 aliphatic rings. The van der Waals surface area contributed by atoms with Crippen LogP contribution in [0.4, 0.5) is 0 Å². The Bertz CT molecular complexity index is 736. The molecule has 0 radical (unpaired) electrons. The fraction of sp³-hybridized carbons (Fsp3) is 0.333. The average Bonchev–Trinajstić information content (AvgIpc) is 2.48. The number of H-pyrrole nitrogens is 1. The molecule has 1 amide bonds. The van der Waals surface area contributed by atoms with Crippen LogP contribution in [0.2, 0.25) is 5.02 Å². The minimum absolute atomic E-state index is 0.0432. The Morgan fingerprint density at radius 1 is 1.22 bits per heavy atom. The first-order valence-electron chi connectivity index (χ1n) is 7.66. The molecule has 0 saturated heterocycles. The van der Waals surface area contributed by atoms with Crippen molar-refractivity contribution in [1.29, 1.82) is 0 Å². The van der Waals surface area contributed by atoms with Gasteiger partial charge in [0.1, 0.15) is 0 Å². The van der Waals surface area contributed by atoms with Gasteiger partial charge in [-0.3, -0.25) is 9.59 Å². The van der Waals surface area contributed by atoms with Crippen molar-refractivity contribution in [2.24, 2.45) is 0 Å². The maximum atomic E-state index is 11.9. The van der Waals surface area contributed by atoms with Crippen molar-refractivity contribution in [2.45, 2.75) is 39.7 Å². The predicted octanol–water partition coefficient (Wildman–Crippen LogP) is 3.28. The van der Waals surface area contributed by atoms with Crippen LogP contribution in [0.5, 0.6) is 0 Å². The summed E-state index contributed by atoms with van der Waals surface area (Å²) < 4.78 is 0. The van der Waals surface area contributed by atoms with Crippen LogP contribution in [0, 0.1) is 13.8 Å². The van der Waals surface area contributed by atoms with Crippen molar-refractivity contribution >= 4 is 17.5 Å². The van der Waals surface area contributed by atoms with Gasteiger partial charge >= 0.3 is 0 Å². The summed E-state index contributed by atoms with van der Waals surface area (Å²) in [6.45, 7) is 3.99. The molecule has 0 saturated carbocycles. The first-order valence-corrected chi connectivity index (χ1v) is 8.04. The van der Waals surface area contributed by atoms with Crippen molar-refractivity contribution < 1.29 is 4.79 Å². The van der Waals surface area contributed by atoms with Crippen molar-refractivity contribution in [3.05, 3.63) is 68.1 Å². The van der Waals surface area contributed by atoms with E-state index in [1.54, 1.807) is 0 Å². The monoisotopic (exact) mass is 332 g/mol. The highest BCUT2D eigenvalue weighted by atomic mass is 35.5. The number of carbonyl (C=O) groups is 1. The number of halogens is 1. The summed E-state index contributed by atoms with van der Waals surface area (Å²) in [4.78, 5) is 26.5. The van der Waals surface area contributed by atoms with Crippen LogP contribution in [-0.2, 0) is 17.8 Å². The van der Waals surface area contributed by atoms with E-state index in [1.807, 2.05) is 44.2 Å². The quantitative estimate of drug-likeness (QED) is 0.852. The van der Waals surface area contributed by atoms with Crippen molar-refractivity contribution in [2.75, 3.05) is 0 Å². The maximum Gasteiger partial charge on any atom is 0.253 e. The Morgan fingerprint density at radius 3 is 2.57 bits per heavy atom. The number of aryl methyl sites for hydroxylation is 3. The lowest BCUT2D eigenvalue weighted by atomic mass is 10.1. The number of aromatic nitrogens is 1. The molecule has 0 bridgehead atoms. The lowest BCUT2D eigenvalue weighted by Gasteiger charge is -2.08. The van der Waals surface area contributed by atoms with Gasteiger partial charge < -0.3 is 10.3 Å². The molecule has 1 heterocycles. The third-order valence-corrected chi connectivity index (χ3v) is 3.99. The van der Waals surface area contributed by atoms with Gasteiger partial charge in [-0.2, -0.15) is 0 Å². The summed E-state index contributed by atoms with van der Waals surface area (Å²) in [6.07, 6.45) is 2.02. The Morgan fingerprint density at radius 2 is 1.91 bits per heavy atom. The van der Waals surface area contributed by atoms with E-state index >= 15 is 0 Å². The van der Waals surface area contributed by atoms with E-state index in [4.69, 9.17) is 11.6 Å². The van der Waals surface area contributed by atoms with Gasteiger partial charge in [-0.05, 0) is 56.0 Å². The molecule has 5 heteroatoms. The third kappa shape index (κ3) is 5.25. The van der Waals surface area contributed by atoms with Crippen molar-refractivity contribution in [3.63, 3.8) is 0 Å². The number of nitrogens with one attached hydrogen (secondary N) is 2. The summed E-state index contributed by atoms with van der Waals surface area (Å²) in [7, 11) is 0. The van der Waals surface area contributed by atoms with E-state index in [-0.39, 0.29) is 18.0 Å². The van der Waals surface area contributed by atoms with E-state index < -0.39 is 0 Å². The number of benzene rings is 1. The van der Waals surface area contributed by atoms with Gasteiger partial charge in [0, 0.05) is 29.2 Å². The van der Waals surface area contributed by atoms with E-state index in [9.17, 15) is 9.59 Å². The number of pyridine rings is 1. The van der Waals surface area contributed by atoms with Crippen LogP contribution >= 0.6 is 11.6 Å². The number of hydrogen-bond donors (Lipinski definition) is 2. The van der Waals surface area contributed by atoms with Gasteiger partial charge in [0.05, 0.1) is 0 Å². The molecule has 122 valence electrons. The molecule has 0 aliphatic heterocycles. The minimum atomic E-state index is -0.135. The van der Waals surface area contributed by atoms with Crippen molar-refractivity contribution in [3.8, 4) is 0 Å². The molecular formula is C18H21ClN2O2. The average molecular weight is 333 g/mol. The van der Waals surface area contributed by atoms with Gasteiger partial charge in [0.2, 0.25) is 5.91 Å². The Balaban J connectivity index is 1.79. The van der Waals surface area contributed by atoms with Crippen LogP contribution in [0.25, 0.3) is 0 Å². The first-order chi connectivity index (χ1) is 11.0. The fourth-order valence-corrected chi connectivity index (χ4v) is 2.61. The lowest BCUT2D eigenvalue weighted by Crippen LogP contribution is -2.27. The smallest absolute Gasteiger partial charge is 0.253 e. The number of aromatic amines is 1. The molecule has 2 aromatic rings. The minimum Gasteiger partial charge on any atom is -0.352 e. The second kappa shape index (κ2) is 7.97. The lowest BCUT2D eigenvalue weighted by molar-refractivity contribution is -0.121. The first kappa shape index (κ1) is 17.3.